The molecular formula is C22H20N4O3S. The predicted octanol–water partition coefficient (Wildman–Crippen LogP) is 4.27. The fourth-order valence-corrected chi connectivity index (χ4v) is 4.39. The van der Waals surface area contributed by atoms with E-state index in [9.17, 15) is 4.79 Å². The summed E-state index contributed by atoms with van der Waals surface area (Å²) >= 11 is 1.37. The Morgan fingerprint density at radius 3 is 2.77 bits per heavy atom. The molecule has 0 unspecified atom stereocenters. The van der Waals surface area contributed by atoms with Crippen molar-refractivity contribution >= 4 is 39.9 Å². The number of amides is 1. The quantitative estimate of drug-likeness (QED) is 0.497. The van der Waals surface area contributed by atoms with E-state index in [4.69, 9.17) is 9.47 Å². The van der Waals surface area contributed by atoms with Crippen LogP contribution in [0.1, 0.15) is 16.7 Å². The lowest BCUT2D eigenvalue weighted by Crippen LogP contribution is -2.14. The van der Waals surface area contributed by atoms with Gasteiger partial charge in [-0.1, -0.05) is 23.9 Å². The average Bonchev–Trinajstić information content (AvgIpc) is 3.36. The number of thioether (sulfide) groups is 1. The number of pyridine rings is 1. The Hall–Kier alpha value is -3.26. The van der Waals surface area contributed by atoms with Crippen LogP contribution in [0.2, 0.25) is 0 Å². The van der Waals surface area contributed by atoms with Gasteiger partial charge >= 0.3 is 0 Å². The molecule has 1 aliphatic rings. The van der Waals surface area contributed by atoms with E-state index < -0.39 is 0 Å². The molecule has 152 valence electrons. The number of nitrogens with one attached hydrogen (secondary N) is 1. The van der Waals surface area contributed by atoms with Crippen molar-refractivity contribution in [2.45, 2.75) is 25.9 Å². The number of hydrogen-bond acceptors (Lipinski definition) is 6. The maximum Gasteiger partial charge on any atom is 0.234 e. The number of carbonyl (C=O) groups excluding carboxylic acids is 1. The van der Waals surface area contributed by atoms with E-state index in [-0.39, 0.29) is 18.5 Å². The third-order valence-corrected chi connectivity index (χ3v) is 6.23. The molecule has 7 nitrogen and oxygen atoms in total. The minimum Gasteiger partial charge on any atom is -0.454 e. The second-order valence-electron chi connectivity index (χ2n) is 7.32. The lowest BCUT2D eigenvalue weighted by molar-refractivity contribution is -0.113. The van der Waals surface area contributed by atoms with E-state index in [1.165, 1.54) is 22.9 Å². The Labute approximate surface area is 177 Å². The van der Waals surface area contributed by atoms with Gasteiger partial charge in [-0.2, -0.15) is 0 Å². The van der Waals surface area contributed by atoms with Gasteiger partial charge in [0.25, 0.3) is 0 Å². The van der Waals surface area contributed by atoms with Crippen LogP contribution in [0.4, 0.5) is 5.69 Å². The Kier molecular flexibility index (Phi) is 4.51. The van der Waals surface area contributed by atoms with Crippen molar-refractivity contribution in [3.05, 3.63) is 53.1 Å². The Morgan fingerprint density at radius 2 is 1.90 bits per heavy atom. The highest BCUT2D eigenvalue weighted by Crippen LogP contribution is 2.34. The molecule has 0 spiro atoms. The molecule has 8 heteroatoms. The summed E-state index contributed by atoms with van der Waals surface area (Å²) in [6.07, 6.45) is 0. The first-order valence-electron chi connectivity index (χ1n) is 9.58. The summed E-state index contributed by atoms with van der Waals surface area (Å²) in [6, 6.07) is 11.7. The standard InChI is InChI=1S/C22H20N4O3S/c1-12-4-5-15-8-13(2)21-24-25-22(26(21)20(15)14(12)3)30-10-19(27)23-16-6-7-17-18(9-16)29-11-28-17/h4-9H,10-11H2,1-3H3,(H,23,27). The maximum atomic E-state index is 12.5. The van der Waals surface area contributed by atoms with Gasteiger partial charge in [-0.15, -0.1) is 10.2 Å². The molecule has 2 aromatic heterocycles. The molecule has 2 aromatic carbocycles. The van der Waals surface area contributed by atoms with Gasteiger partial charge in [0, 0.05) is 11.8 Å². The number of rotatable bonds is 4. The van der Waals surface area contributed by atoms with Crippen molar-refractivity contribution in [3.63, 3.8) is 0 Å². The van der Waals surface area contributed by atoms with E-state index in [0.717, 1.165) is 22.1 Å². The minimum absolute atomic E-state index is 0.125. The van der Waals surface area contributed by atoms with Crippen LogP contribution in [0.25, 0.3) is 16.6 Å². The van der Waals surface area contributed by atoms with Crippen LogP contribution in [0.15, 0.2) is 41.6 Å². The fourth-order valence-electron chi connectivity index (χ4n) is 3.65. The highest BCUT2D eigenvalue weighted by Gasteiger charge is 2.17. The molecule has 1 N–H and O–H groups in total. The van der Waals surface area contributed by atoms with Gasteiger partial charge in [0.1, 0.15) is 0 Å². The largest absolute Gasteiger partial charge is 0.454 e. The first-order chi connectivity index (χ1) is 14.5. The van der Waals surface area contributed by atoms with E-state index >= 15 is 0 Å². The zero-order valence-corrected chi connectivity index (χ0v) is 17.7. The topological polar surface area (TPSA) is 77.8 Å². The van der Waals surface area contributed by atoms with E-state index in [1.54, 1.807) is 18.2 Å². The Bertz CT molecular complexity index is 1320. The van der Waals surface area contributed by atoms with Crippen LogP contribution in [0, 0.1) is 20.8 Å². The van der Waals surface area contributed by atoms with Crippen LogP contribution in [0.3, 0.4) is 0 Å². The molecule has 5 rings (SSSR count). The summed E-state index contributed by atoms with van der Waals surface area (Å²) in [7, 11) is 0. The zero-order valence-electron chi connectivity index (χ0n) is 16.9. The van der Waals surface area contributed by atoms with Crippen molar-refractivity contribution < 1.29 is 14.3 Å². The van der Waals surface area contributed by atoms with Crippen LogP contribution in [-0.4, -0.2) is 33.1 Å². The first-order valence-corrected chi connectivity index (χ1v) is 10.6. The molecule has 0 saturated heterocycles. The summed E-state index contributed by atoms with van der Waals surface area (Å²) < 4.78 is 12.7. The normalized spacial score (nSPS) is 12.6. The summed E-state index contributed by atoms with van der Waals surface area (Å²) in [5, 5.41) is 13.5. The van der Waals surface area contributed by atoms with Crippen molar-refractivity contribution in [3.8, 4) is 11.5 Å². The predicted molar refractivity (Wildman–Crippen MR) is 117 cm³/mol. The van der Waals surface area contributed by atoms with E-state index in [0.29, 0.717) is 22.3 Å². The number of aromatic nitrogens is 3. The van der Waals surface area contributed by atoms with Crippen molar-refractivity contribution in [1.82, 2.24) is 14.6 Å². The number of anilines is 1. The number of ether oxygens (including phenoxy) is 2. The molecule has 4 aromatic rings. The van der Waals surface area contributed by atoms with Crippen molar-refractivity contribution in [2.24, 2.45) is 0 Å². The second-order valence-corrected chi connectivity index (χ2v) is 8.26. The molecule has 1 aliphatic heterocycles. The van der Waals surface area contributed by atoms with Gasteiger partial charge in [-0.3, -0.25) is 9.20 Å². The van der Waals surface area contributed by atoms with Crippen LogP contribution in [-0.2, 0) is 4.79 Å². The molecule has 0 bridgehead atoms. The number of fused-ring (bicyclic) bond motifs is 4. The van der Waals surface area contributed by atoms with Crippen molar-refractivity contribution in [2.75, 3.05) is 17.9 Å². The van der Waals surface area contributed by atoms with Gasteiger partial charge < -0.3 is 14.8 Å². The van der Waals surface area contributed by atoms with Crippen LogP contribution >= 0.6 is 11.8 Å². The van der Waals surface area contributed by atoms with Gasteiger partial charge in [0.05, 0.1) is 11.3 Å². The number of nitrogens with zero attached hydrogens (tertiary/aromatic N) is 3. The highest BCUT2D eigenvalue weighted by molar-refractivity contribution is 7.99. The maximum absolute atomic E-state index is 12.5. The third kappa shape index (κ3) is 3.13. The molecule has 3 heterocycles. The van der Waals surface area contributed by atoms with Gasteiger partial charge in [-0.05, 0) is 61.0 Å². The summed E-state index contributed by atoms with van der Waals surface area (Å²) in [4.78, 5) is 12.5. The second kappa shape index (κ2) is 7.21. The summed E-state index contributed by atoms with van der Waals surface area (Å²) in [5.41, 5.74) is 6.01. The van der Waals surface area contributed by atoms with Crippen LogP contribution < -0.4 is 14.8 Å². The number of benzene rings is 2. The highest BCUT2D eigenvalue weighted by atomic mass is 32.2. The third-order valence-electron chi connectivity index (χ3n) is 5.30. The van der Waals surface area contributed by atoms with Crippen LogP contribution in [0.5, 0.6) is 11.5 Å². The van der Waals surface area contributed by atoms with Gasteiger partial charge in [-0.25, -0.2) is 0 Å². The smallest absolute Gasteiger partial charge is 0.234 e. The van der Waals surface area contributed by atoms with Gasteiger partial charge in [0.2, 0.25) is 12.7 Å². The van der Waals surface area contributed by atoms with Gasteiger partial charge in [0.15, 0.2) is 22.3 Å². The average molecular weight is 420 g/mol. The van der Waals surface area contributed by atoms with E-state index in [1.807, 2.05) is 6.92 Å². The van der Waals surface area contributed by atoms with E-state index in [2.05, 4.69) is 52.0 Å². The molecule has 0 aliphatic carbocycles. The number of carbonyl (C=O) groups is 1. The molecule has 1 amide bonds. The molecule has 0 fully saturated rings. The molecular weight excluding hydrogens is 400 g/mol. The lowest BCUT2D eigenvalue weighted by atomic mass is 10.0. The number of hydrogen-bond donors (Lipinski definition) is 1. The Balaban J connectivity index is 1.41. The molecule has 30 heavy (non-hydrogen) atoms. The molecule has 0 atom stereocenters. The fraction of sp³-hybridized carbons (Fsp3) is 0.227. The summed E-state index contributed by atoms with van der Waals surface area (Å²) in [5.74, 6) is 1.41. The Morgan fingerprint density at radius 1 is 1.07 bits per heavy atom. The molecule has 0 saturated carbocycles. The zero-order chi connectivity index (χ0) is 20.8. The first kappa shape index (κ1) is 18.7. The lowest BCUT2D eigenvalue weighted by Gasteiger charge is -2.11. The SMILES string of the molecule is Cc1ccc2cc(C)c3nnc(SCC(=O)Nc4ccc5c(c4)OCO5)n3c2c1C. The van der Waals surface area contributed by atoms with Crippen molar-refractivity contribution in [1.29, 1.82) is 0 Å². The molecule has 0 radical (unpaired) electrons. The number of aryl methyl sites for hydroxylation is 3. The monoisotopic (exact) mass is 420 g/mol. The minimum atomic E-state index is -0.125. The summed E-state index contributed by atoms with van der Waals surface area (Å²) in [6.45, 7) is 6.43.